The number of carbonyl (C=O) groups excluding carboxylic acids is 1. The molecule has 21 heavy (non-hydrogen) atoms. The molecule has 6 nitrogen and oxygen atoms in total. The molecular weight excluding hydrogens is 268 g/mol. The van der Waals surface area contributed by atoms with E-state index in [-0.39, 0.29) is 11.9 Å². The van der Waals surface area contributed by atoms with Gasteiger partial charge in [0, 0.05) is 19.6 Å². The van der Waals surface area contributed by atoms with Crippen LogP contribution >= 0.6 is 0 Å². The van der Waals surface area contributed by atoms with E-state index < -0.39 is 0 Å². The smallest absolute Gasteiger partial charge is 0.310 e. The van der Waals surface area contributed by atoms with Gasteiger partial charge in [-0.05, 0) is 33.2 Å². The van der Waals surface area contributed by atoms with Crippen LogP contribution in [0.3, 0.4) is 0 Å². The fourth-order valence-electron chi connectivity index (χ4n) is 2.59. The van der Waals surface area contributed by atoms with Gasteiger partial charge in [-0.25, -0.2) is 4.98 Å². The second kappa shape index (κ2) is 7.93. The molecule has 1 saturated heterocycles. The van der Waals surface area contributed by atoms with Gasteiger partial charge in [0.15, 0.2) is 0 Å². The van der Waals surface area contributed by atoms with E-state index in [1.165, 1.54) is 0 Å². The van der Waals surface area contributed by atoms with Crippen molar-refractivity contribution in [2.75, 3.05) is 31.6 Å². The van der Waals surface area contributed by atoms with Gasteiger partial charge in [0.25, 0.3) is 0 Å². The molecule has 1 N–H and O–H groups in total. The first kappa shape index (κ1) is 15.7. The van der Waals surface area contributed by atoms with E-state index in [0.717, 1.165) is 50.5 Å². The Morgan fingerprint density at radius 2 is 2.29 bits per heavy atom. The van der Waals surface area contributed by atoms with E-state index in [9.17, 15) is 4.79 Å². The Morgan fingerprint density at radius 1 is 1.43 bits per heavy atom. The number of hydrogen-bond acceptors (Lipinski definition) is 6. The standard InChI is InChI=1S/C15H24N4O2/c1-3-16-14-9-17-13(8-18-14)11-19-7-5-6-12(10-19)15(20)21-4-2/h8-9,12H,3-7,10-11H2,1-2H3,(H,16,18). The summed E-state index contributed by atoms with van der Waals surface area (Å²) >= 11 is 0. The third-order valence-electron chi connectivity index (χ3n) is 3.57. The Bertz CT molecular complexity index is 449. The molecule has 0 aliphatic carbocycles. The number of likely N-dealkylation sites (tertiary alicyclic amines) is 1. The van der Waals surface area contributed by atoms with E-state index in [0.29, 0.717) is 6.61 Å². The van der Waals surface area contributed by atoms with Crippen LogP contribution in [0.2, 0.25) is 0 Å². The van der Waals surface area contributed by atoms with Gasteiger partial charge in [-0.1, -0.05) is 0 Å². The Morgan fingerprint density at radius 3 is 2.95 bits per heavy atom. The highest BCUT2D eigenvalue weighted by Crippen LogP contribution is 2.19. The van der Waals surface area contributed by atoms with Crippen molar-refractivity contribution in [1.29, 1.82) is 0 Å². The number of aromatic nitrogens is 2. The van der Waals surface area contributed by atoms with E-state index >= 15 is 0 Å². The maximum Gasteiger partial charge on any atom is 0.310 e. The summed E-state index contributed by atoms with van der Waals surface area (Å²) in [6.07, 6.45) is 5.49. The molecule has 2 heterocycles. The van der Waals surface area contributed by atoms with Crippen molar-refractivity contribution >= 4 is 11.8 Å². The summed E-state index contributed by atoms with van der Waals surface area (Å²) in [5.74, 6) is 0.716. The van der Waals surface area contributed by atoms with Crippen molar-refractivity contribution in [3.8, 4) is 0 Å². The number of nitrogens with zero attached hydrogens (tertiary/aromatic N) is 3. The first-order chi connectivity index (χ1) is 10.2. The van der Waals surface area contributed by atoms with E-state index in [4.69, 9.17) is 4.74 Å². The van der Waals surface area contributed by atoms with Crippen LogP contribution in [-0.2, 0) is 16.1 Å². The zero-order valence-electron chi connectivity index (χ0n) is 12.8. The highest BCUT2D eigenvalue weighted by atomic mass is 16.5. The molecule has 0 spiro atoms. The number of rotatable bonds is 6. The van der Waals surface area contributed by atoms with E-state index in [1.54, 1.807) is 12.4 Å². The number of hydrogen-bond donors (Lipinski definition) is 1. The molecule has 1 atom stereocenters. The van der Waals surface area contributed by atoms with E-state index in [1.807, 2.05) is 13.8 Å². The van der Waals surface area contributed by atoms with Crippen LogP contribution in [-0.4, -0.2) is 47.1 Å². The molecule has 1 aliphatic heterocycles. The molecule has 0 saturated carbocycles. The van der Waals surface area contributed by atoms with Crippen LogP contribution in [0, 0.1) is 5.92 Å². The van der Waals surface area contributed by atoms with Gasteiger partial charge in [0.2, 0.25) is 0 Å². The zero-order valence-corrected chi connectivity index (χ0v) is 12.8. The molecule has 6 heteroatoms. The fraction of sp³-hybridized carbons (Fsp3) is 0.667. The van der Waals surface area contributed by atoms with Crippen LogP contribution in [0.5, 0.6) is 0 Å². The monoisotopic (exact) mass is 292 g/mol. The minimum atomic E-state index is -0.0734. The van der Waals surface area contributed by atoms with Crippen LogP contribution in [0.4, 0.5) is 5.82 Å². The van der Waals surface area contributed by atoms with Crippen molar-refractivity contribution in [3.63, 3.8) is 0 Å². The molecule has 0 amide bonds. The zero-order chi connectivity index (χ0) is 15.1. The summed E-state index contributed by atoms with van der Waals surface area (Å²) in [6.45, 7) is 7.63. The molecule has 0 aromatic carbocycles. The van der Waals surface area contributed by atoms with Gasteiger partial charge in [-0.3, -0.25) is 14.7 Å². The van der Waals surface area contributed by atoms with Gasteiger partial charge in [0.05, 0.1) is 30.6 Å². The largest absolute Gasteiger partial charge is 0.466 e. The minimum Gasteiger partial charge on any atom is -0.466 e. The lowest BCUT2D eigenvalue weighted by Crippen LogP contribution is -2.39. The SMILES string of the molecule is CCNc1cnc(CN2CCCC(C(=O)OCC)C2)cn1. The number of esters is 1. The van der Waals surface area contributed by atoms with E-state index in [2.05, 4.69) is 20.2 Å². The molecule has 1 aliphatic rings. The van der Waals surface area contributed by atoms with Crippen molar-refractivity contribution in [1.82, 2.24) is 14.9 Å². The van der Waals surface area contributed by atoms with Gasteiger partial charge in [0.1, 0.15) is 5.82 Å². The summed E-state index contributed by atoms with van der Waals surface area (Å²) < 4.78 is 5.12. The summed E-state index contributed by atoms with van der Waals surface area (Å²) in [5, 5.41) is 3.13. The number of ether oxygens (including phenoxy) is 1. The van der Waals surface area contributed by atoms with Crippen molar-refractivity contribution in [2.45, 2.75) is 33.2 Å². The maximum absolute atomic E-state index is 11.8. The first-order valence-corrected chi connectivity index (χ1v) is 7.66. The van der Waals surface area contributed by atoms with Gasteiger partial charge in [-0.2, -0.15) is 0 Å². The maximum atomic E-state index is 11.8. The van der Waals surface area contributed by atoms with Crippen LogP contribution in [0.25, 0.3) is 0 Å². The second-order valence-electron chi connectivity index (χ2n) is 5.25. The van der Waals surface area contributed by atoms with Crippen molar-refractivity contribution in [3.05, 3.63) is 18.1 Å². The summed E-state index contributed by atoms with van der Waals surface area (Å²) in [7, 11) is 0. The highest BCUT2D eigenvalue weighted by Gasteiger charge is 2.26. The molecule has 1 aromatic rings. The van der Waals surface area contributed by atoms with Crippen LogP contribution < -0.4 is 5.32 Å². The minimum absolute atomic E-state index is 0.00677. The topological polar surface area (TPSA) is 67.4 Å². The van der Waals surface area contributed by atoms with Crippen molar-refractivity contribution < 1.29 is 9.53 Å². The predicted molar refractivity (Wildman–Crippen MR) is 80.8 cm³/mol. The van der Waals surface area contributed by atoms with Gasteiger partial charge < -0.3 is 10.1 Å². The number of nitrogens with one attached hydrogen (secondary N) is 1. The molecule has 116 valence electrons. The molecule has 1 unspecified atom stereocenters. The Hall–Kier alpha value is -1.69. The van der Waals surface area contributed by atoms with Crippen LogP contribution in [0.15, 0.2) is 12.4 Å². The quantitative estimate of drug-likeness (QED) is 0.805. The molecule has 0 bridgehead atoms. The number of piperidine rings is 1. The Labute approximate surface area is 125 Å². The van der Waals surface area contributed by atoms with Crippen LogP contribution in [0.1, 0.15) is 32.4 Å². The van der Waals surface area contributed by atoms with Gasteiger partial charge >= 0.3 is 5.97 Å². The predicted octanol–water partition coefficient (Wildman–Crippen LogP) is 1.68. The fourth-order valence-corrected chi connectivity index (χ4v) is 2.59. The molecule has 1 fully saturated rings. The normalized spacial score (nSPS) is 19.2. The third-order valence-corrected chi connectivity index (χ3v) is 3.57. The summed E-state index contributed by atoms with van der Waals surface area (Å²) in [4.78, 5) is 22.8. The lowest BCUT2D eigenvalue weighted by molar-refractivity contribution is -0.150. The average Bonchev–Trinajstić information content (AvgIpc) is 2.50. The molecule has 2 rings (SSSR count). The lowest BCUT2D eigenvalue weighted by Gasteiger charge is -2.31. The first-order valence-electron chi connectivity index (χ1n) is 7.66. The summed E-state index contributed by atoms with van der Waals surface area (Å²) in [5.41, 5.74) is 0.932. The molecule has 1 aromatic heterocycles. The van der Waals surface area contributed by atoms with Crippen molar-refractivity contribution in [2.24, 2.45) is 5.92 Å². The highest BCUT2D eigenvalue weighted by molar-refractivity contribution is 5.72. The van der Waals surface area contributed by atoms with Gasteiger partial charge in [-0.15, -0.1) is 0 Å². The summed E-state index contributed by atoms with van der Waals surface area (Å²) in [6, 6.07) is 0. The Balaban J connectivity index is 1.88. The number of anilines is 1. The third kappa shape index (κ3) is 4.67. The average molecular weight is 292 g/mol. The number of carbonyl (C=O) groups is 1. The second-order valence-corrected chi connectivity index (χ2v) is 5.25. The lowest BCUT2D eigenvalue weighted by atomic mass is 9.98. The molecule has 0 radical (unpaired) electrons. The Kier molecular flexibility index (Phi) is 5.92. The molecular formula is C15H24N4O2.